The molecule has 2 aromatic rings. The average molecular weight is 252 g/mol. The largest absolute Gasteiger partial charge is 0.461 e. The van der Waals surface area contributed by atoms with Gasteiger partial charge in [-0.15, -0.1) is 0 Å². The topological polar surface area (TPSA) is 65.9 Å². The maximum Gasteiger partial charge on any atom is 0.354 e. The molecule has 0 aliphatic rings. The first-order chi connectivity index (χ1) is 9.24. The Morgan fingerprint density at radius 3 is 3.00 bits per heavy atom. The summed E-state index contributed by atoms with van der Waals surface area (Å²) in [6.45, 7) is 2.11. The molecular formula is C15H12N2O2. The van der Waals surface area contributed by atoms with Gasteiger partial charge in [0.2, 0.25) is 0 Å². The summed E-state index contributed by atoms with van der Waals surface area (Å²) in [4.78, 5) is 14.6. The highest BCUT2D eigenvalue weighted by Crippen LogP contribution is 2.17. The van der Waals surface area contributed by atoms with Crippen LogP contribution < -0.4 is 0 Å². The molecule has 2 rings (SSSR count). The molecular weight excluding hydrogens is 240 g/mol. The van der Waals surface area contributed by atoms with Gasteiger partial charge in [0.15, 0.2) is 0 Å². The summed E-state index contributed by atoms with van der Waals surface area (Å²) in [5, 5.41) is 9.35. The van der Waals surface area contributed by atoms with Crippen LogP contribution in [0.1, 0.15) is 29.4 Å². The molecule has 19 heavy (non-hydrogen) atoms. The predicted octanol–water partition coefficient (Wildman–Crippen LogP) is 2.61. The summed E-state index contributed by atoms with van der Waals surface area (Å²) in [7, 11) is 0. The van der Waals surface area contributed by atoms with Gasteiger partial charge in [-0.2, -0.15) is 5.26 Å². The lowest BCUT2D eigenvalue weighted by atomic mass is 10.1. The number of fused-ring (bicyclic) bond motifs is 1. The van der Waals surface area contributed by atoms with E-state index in [1.54, 1.807) is 13.0 Å². The second-order valence-electron chi connectivity index (χ2n) is 3.84. The van der Waals surface area contributed by atoms with Crippen LogP contribution in [0.5, 0.6) is 0 Å². The number of benzene rings is 1. The average Bonchev–Trinajstić information content (AvgIpc) is 2.82. The number of carbonyl (C=O) groups is 1. The van der Waals surface area contributed by atoms with Crippen molar-refractivity contribution in [2.45, 2.75) is 13.3 Å². The Bertz CT molecular complexity index is 711. The van der Waals surface area contributed by atoms with E-state index in [-0.39, 0.29) is 12.4 Å². The number of hydrogen-bond acceptors (Lipinski definition) is 3. The lowest BCUT2D eigenvalue weighted by Crippen LogP contribution is -2.04. The van der Waals surface area contributed by atoms with Crippen LogP contribution in [-0.4, -0.2) is 17.6 Å². The number of nitriles is 1. The Morgan fingerprint density at radius 1 is 1.42 bits per heavy atom. The minimum absolute atomic E-state index is 0.205. The van der Waals surface area contributed by atoms with Crippen LogP contribution >= 0.6 is 0 Å². The monoisotopic (exact) mass is 252 g/mol. The predicted molar refractivity (Wildman–Crippen MR) is 71.4 cm³/mol. The molecule has 1 aromatic carbocycles. The maximum absolute atomic E-state index is 11.6. The number of nitrogens with zero attached hydrogens (tertiary/aromatic N) is 1. The quantitative estimate of drug-likeness (QED) is 0.660. The van der Waals surface area contributed by atoms with Crippen molar-refractivity contribution in [3.8, 4) is 17.9 Å². The molecule has 1 N–H and O–H groups in total. The molecule has 0 fully saturated rings. The summed E-state index contributed by atoms with van der Waals surface area (Å²) in [6, 6.07) is 9.30. The first-order valence-corrected chi connectivity index (χ1v) is 5.90. The second-order valence-corrected chi connectivity index (χ2v) is 3.84. The van der Waals surface area contributed by atoms with Gasteiger partial charge in [0, 0.05) is 16.5 Å². The van der Waals surface area contributed by atoms with Gasteiger partial charge in [-0.3, -0.25) is 0 Å². The normalized spacial score (nSPS) is 9.47. The lowest BCUT2D eigenvalue weighted by molar-refractivity contribution is 0.0520. The van der Waals surface area contributed by atoms with Crippen molar-refractivity contribution in [1.29, 1.82) is 5.26 Å². The molecule has 0 spiro atoms. The summed E-state index contributed by atoms with van der Waals surface area (Å²) >= 11 is 0. The zero-order chi connectivity index (χ0) is 13.7. The molecule has 4 nitrogen and oxygen atoms in total. The number of aromatic amines is 1. The van der Waals surface area contributed by atoms with Gasteiger partial charge in [-0.25, -0.2) is 4.79 Å². The van der Waals surface area contributed by atoms with Gasteiger partial charge in [-0.1, -0.05) is 17.9 Å². The van der Waals surface area contributed by atoms with Gasteiger partial charge in [0.05, 0.1) is 19.1 Å². The van der Waals surface area contributed by atoms with E-state index in [9.17, 15) is 4.79 Å². The van der Waals surface area contributed by atoms with Crippen molar-refractivity contribution in [3.05, 3.63) is 35.5 Å². The fourth-order valence-electron chi connectivity index (χ4n) is 1.71. The van der Waals surface area contributed by atoms with Crippen LogP contribution in [0.3, 0.4) is 0 Å². The van der Waals surface area contributed by atoms with Crippen LogP contribution in [0.4, 0.5) is 0 Å². The first kappa shape index (κ1) is 12.7. The maximum atomic E-state index is 11.6. The Kier molecular flexibility index (Phi) is 3.85. The van der Waals surface area contributed by atoms with E-state index >= 15 is 0 Å². The Hall–Kier alpha value is -2.72. The van der Waals surface area contributed by atoms with Crippen molar-refractivity contribution >= 4 is 16.9 Å². The van der Waals surface area contributed by atoms with Crippen LogP contribution in [0.2, 0.25) is 0 Å². The number of H-pyrrole nitrogens is 1. The molecule has 0 saturated heterocycles. The van der Waals surface area contributed by atoms with Crippen molar-refractivity contribution in [2.24, 2.45) is 0 Å². The summed E-state index contributed by atoms with van der Waals surface area (Å²) in [5.41, 5.74) is 2.06. The number of esters is 1. The van der Waals surface area contributed by atoms with Crippen molar-refractivity contribution in [2.75, 3.05) is 6.61 Å². The van der Waals surface area contributed by atoms with Crippen LogP contribution in [-0.2, 0) is 4.74 Å². The molecule has 0 radical (unpaired) electrons. The van der Waals surface area contributed by atoms with E-state index in [0.29, 0.717) is 12.3 Å². The van der Waals surface area contributed by atoms with Crippen molar-refractivity contribution in [1.82, 2.24) is 4.98 Å². The van der Waals surface area contributed by atoms with Crippen LogP contribution in [0, 0.1) is 23.2 Å². The number of aromatic nitrogens is 1. The van der Waals surface area contributed by atoms with E-state index in [0.717, 1.165) is 16.5 Å². The number of rotatable bonds is 2. The number of hydrogen-bond donors (Lipinski definition) is 1. The Morgan fingerprint density at radius 2 is 2.26 bits per heavy atom. The minimum atomic E-state index is -0.365. The van der Waals surface area contributed by atoms with Gasteiger partial charge >= 0.3 is 5.97 Å². The molecule has 94 valence electrons. The third-order valence-corrected chi connectivity index (χ3v) is 2.52. The highest BCUT2D eigenvalue weighted by atomic mass is 16.5. The Balaban J connectivity index is 2.32. The highest BCUT2D eigenvalue weighted by molar-refractivity contribution is 5.95. The van der Waals surface area contributed by atoms with Crippen LogP contribution in [0.15, 0.2) is 24.3 Å². The second kappa shape index (κ2) is 5.75. The third-order valence-electron chi connectivity index (χ3n) is 2.52. The van der Waals surface area contributed by atoms with Crippen molar-refractivity contribution in [3.63, 3.8) is 0 Å². The highest BCUT2D eigenvalue weighted by Gasteiger charge is 2.09. The van der Waals surface area contributed by atoms with E-state index in [2.05, 4.69) is 16.8 Å². The van der Waals surface area contributed by atoms with E-state index in [1.807, 2.05) is 24.3 Å². The van der Waals surface area contributed by atoms with E-state index in [4.69, 9.17) is 10.00 Å². The number of ether oxygens (including phenoxy) is 1. The van der Waals surface area contributed by atoms with Gasteiger partial charge in [0.25, 0.3) is 0 Å². The van der Waals surface area contributed by atoms with Gasteiger partial charge < -0.3 is 9.72 Å². The van der Waals surface area contributed by atoms with Gasteiger partial charge in [0.1, 0.15) is 5.69 Å². The number of nitrogens with one attached hydrogen (secondary N) is 1. The standard InChI is InChI=1S/C15H12N2O2/c1-2-19-15(18)14-10-12-7-6-11(5-3-4-8-16)9-13(12)17-14/h6-7,9-10,17H,2,4H2,1H3. The molecule has 0 saturated carbocycles. The smallest absolute Gasteiger partial charge is 0.354 e. The zero-order valence-electron chi connectivity index (χ0n) is 10.5. The molecule has 0 bridgehead atoms. The molecule has 1 heterocycles. The fraction of sp³-hybridized carbons (Fsp3) is 0.200. The molecule has 0 atom stereocenters. The molecule has 0 unspecified atom stereocenters. The summed E-state index contributed by atoms with van der Waals surface area (Å²) in [6.07, 6.45) is 0.205. The summed E-state index contributed by atoms with van der Waals surface area (Å²) in [5.74, 6) is 5.28. The fourth-order valence-corrected chi connectivity index (χ4v) is 1.71. The zero-order valence-corrected chi connectivity index (χ0v) is 10.5. The van der Waals surface area contributed by atoms with Gasteiger partial charge in [-0.05, 0) is 25.1 Å². The lowest BCUT2D eigenvalue weighted by Gasteiger charge is -1.96. The van der Waals surface area contributed by atoms with E-state index < -0.39 is 0 Å². The number of carbonyl (C=O) groups excluding carboxylic acids is 1. The molecule has 1 aromatic heterocycles. The Labute approximate surface area is 111 Å². The molecule has 0 amide bonds. The summed E-state index contributed by atoms with van der Waals surface area (Å²) < 4.78 is 4.93. The van der Waals surface area contributed by atoms with Crippen molar-refractivity contribution < 1.29 is 9.53 Å². The SMILES string of the molecule is CCOC(=O)c1cc2ccc(C#CCC#N)cc2[nH]1. The first-order valence-electron chi connectivity index (χ1n) is 5.90. The molecule has 0 aliphatic carbocycles. The molecule has 4 heteroatoms. The van der Waals surface area contributed by atoms with E-state index in [1.165, 1.54) is 0 Å². The molecule has 0 aliphatic heterocycles. The third kappa shape index (κ3) is 2.94. The minimum Gasteiger partial charge on any atom is -0.461 e. The van der Waals surface area contributed by atoms with Crippen LogP contribution in [0.25, 0.3) is 10.9 Å².